The highest BCUT2D eigenvalue weighted by atomic mass is 19.4. The SMILES string of the molecule is OC(c1ccccc1OC(F)(F)F)C1CCCCN1. The van der Waals surface area contributed by atoms with Gasteiger partial charge in [-0.2, -0.15) is 0 Å². The Morgan fingerprint density at radius 2 is 2.00 bits per heavy atom. The van der Waals surface area contributed by atoms with Gasteiger partial charge in [-0.3, -0.25) is 0 Å². The Hall–Kier alpha value is -1.27. The number of nitrogens with one attached hydrogen (secondary N) is 1. The highest BCUT2D eigenvalue weighted by Crippen LogP contribution is 2.33. The van der Waals surface area contributed by atoms with Crippen molar-refractivity contribution in [2.45, 2.75) is 37.8 Å². The summed E-state index contributed by atoms with van der Waals surface area (Å²) in [6.45, 7) is 0.768. The molecule has 2 unspecified atom stereocenters. The average molecular weight is 275 g/mol. The number of piperidine rings is 1. The lowest BCUT2D eigenvalue weighted by molar-refractivity contribution is -0.275. The first-order valence-corrected chi connectivity index (χ1v) is 6.23. The number of ether oxygens (including phenoxy) is 1. The Bertz CT molecular complexity index is 417. The van der Waals surface area contributed by atoms with Crippen molar-refractivity contribution in [3.63, 3.8) is 0 Å². The van der Waals surface area contributed by atoms with Crippen LogP contribution in [0, 0.1) is 0 Å². The predicted molar refractivity (Wildman–Crippen MR) is 63.7 cm³/mol. The van der Waals surface area contributed by atoms with Gasteiger partial charge in [0.1, 0.15) is 5.75 Å². The number of rotatable bonds is 3. The van der Waals surface area contributed by atoms with Crippen LogP contribution in [0.5, 0.6) is 5.75 Å². The maximum atomic E-state index is 12.3. The van der Waals surface area contributed by atoms with Gasteiger partial charge in [0.25, 0.3) is 0 Å². The minimum atomic E-state index is -4.75. The second kappa shape index (κ2) is 5.79. The van der Waals surface area contributed by atoms with Gasteiger partial charge in [0.15, 0.2) is 0 Å². The molecule has 0 amide bonds. The van der Waals surface area contributed by atoms with Crippen molar-refractivity contribution >= 4 is 0 Å². The molecule has 19 heavy (non-hydrogen) atoms. The van der Waals surface area contributed by atoms with E-state index in [0.29, 0.717) is 0 Å². The zero-order valence-electron chi connectivity index (χ0n) is 10.3. The molecule has 0 saturated carbocycles. The Kier molecular flexibility index (Phi) is 4.31. The third-order valence-electron chi connectivity index (χ3n) is 3.19. The topological polar surface area (TPSA) is 41.5 Å². The molecule has 0 aliphatic carbocycles. The first kappa shape index (κ1) is 14.1. The lowest BCUT2D eigenvalue weighted by Gasteiger charge is -2.29. The number of hydrogen-bond acceptors (Lipinski definition) is 3. The van der Waals surface area contributed by atoms with Crippen LogP contribution in [-0.2, 0) is 0 Å². The Morgan fingerprint density at radius 1 is 1.26 bits per heavy atom. The van der Waals surface area contributed by atoms with E-state index >= 15 is 0 Å². The van der Waals surface area contributed by atoms with E-state index in [-0.39, 0.29) is 17.4 Å². The quantitative estimate of drug-likeness (QED) is 0.891. The zero-order valence-corrected chi connectivity index (χ0v) is 10.3. The number of alkyl halides is 3. The number of halogens is 3. The van der Waals surface area contributed by atoms with Gasteiger partial charge >= 0.3 is 6.36 Å². The third-order valence-corrected chi connectivity index (χ3v) is 3.19. The fourth-order valence-corrected chi connectivity index (χ4v) is 2.31. The van der Waals surface area contributed by atoms with Gasteiger partial charge in [-0.15, -0.1) is 13.2 Å². The van der Waals surface area contributed by atoms with Crippen molar-refractivity contribution in [3.05, 3.63) is 29.8 Å². The number of para-hydroxylation sites is 1. The van der Waals surface area contributed by atoms with Crippen LogP contribution in [0.2, 0.25) is 0 Å². The van der Waals surface area contributed by atoms with E-state index in [2.05, 4.69) is 10.1 Å². The molecule has 1 aromatic rings. The second-order valence-electron chi connectivity index (χ2n) is 4.59. The summed E-state index contributed by atoms with van der Waals surface area (Å²) in [5, 5.41) is 13.3. The molecule has 0 spiro atoms. The van der Waals surface area contributed by atoms with E-state index in [9.17, 15) is 18.3 Å². The van der Waals surface area contributed by atoms with Gasteiger partial charge in [-0.05, 0) is 25.5 Å². The minimum Gasteiger partial charge on any atom is -0.405 e. The first-order valence-electron chi connectivity index (χ1n) is 6.23. The molecular weight excluding hydrogens is 259 g/mol. The summed E-state index contributed by atoms with van der Waals surface area (Å²) in [7, 11) is 0. The summed E-state index contributed by atoms with van der Waals surface area (Å²) in [5.74, 6) is -0.338. The van der Waals surface area contributed by atoms with Crippen molar-refractivity contribution in [2.75, 3.05) is 6.54 Å². The molecule has 106 valence electrons. The van der Waals surface area contributed by atoms with Crippen LogP contribution < -0.4 is 10.1 Å². The van der Waals surface area contributed by atoms with E-state index in [0.717, 1.165) is 25.8 Å². The number of hydrogen-bond donors (Lipinski definition) is 2. The van der Waals surface area contributed by atoms with Crippen molar-refractivity contribution in [1.82, 2.24) is 5.32 Å². The smallest absolute Gasteiger partial charge is 0.405 e. The summed E-state index contributed by atoms with van der Waals surface area (Å²) in [4.78, 5) is 0. The third kappa shape index (κ3) is 3.84. The van der Waals surface area contributed by atoms with Crippen molar-refractivity contribution in [2.24, 2.45) is 0 Å². The van der Waals surface area contributed by atoms with E-state index in [1.807, 2.05) is 0 Å². The molecule has 2 atom stereocenters. The molecule has 1 aliphatic heterocycles. The molecule has 3 nitrogen and oxygen atoms in total. The van der Waals surface area contributed by atoms with Crippen LogP contribution in [-0.4, -0.2) is 24.1 Å². The van der Waals surface area contributed by atoms with E-state index < -0.39 is 12.5 Å². The molecule has 6 heteroatoms. The van der Waals surface area contributed by atoms with Gasteiger partial charge in [0, 0.05) is 11.6 Å². The van der Waals surface area contributed by atoms with E-state index in [1.54, 1.807) is 6.07 Å². The Balaban J connectivity index is 2.18. The maximum absolute atomic E-state index is 12.3. The fourth-order valence-electron chi connectivity index (χ4n) is 2.31. The second-order valence-corrected chi connectivity index (χ2v) is 4.59. The molecule has 0 radical (unpaired) electrons. The normalized spacial score (nSPS) is 22.0. The number of benzene rings is 1. The lowest BCUT2D eigenvalue weighted by atomic mass is 9.94. The summed E-state index contributed by atoms with van der Waals surface area (Å²) in [6.07, 6.45) is -3.04. The lowest BCUT2D eigenvalue weighted by Crippen LogP contribution is -2.39. The van der Waals surface area contributed by atoms with Crippen LogP contribution in [0.4, 0.5) is 13.2 Å². The van der Waals surface area contributed by atoms with Gasteiger partial charge < -0.3 is 15.2 Å². The van der Waals surface area contributed by atoms with Gasteiger partial charge in [0.2, 0.25) is 0 Å². The van der Waals surface area contributed by atoms with Gasteiger partial charge in [-0.25, -0.2) is 0 Å². The summed E-state index contributed by atoms with van der Waals surface area (Å²) in [6, 6.07) is 5.49. The molecule has 0 bridgehead atoms. The summed E-state index contributed by atoms with van der Waals surface area (Å²) < 4.78 is 40.9. The molecule has 0 aromatic heterocycles. The van der Waals surface area contributed by atoms with E-state index in [1.165, 1.54) is 18.2 Å². The molecule has 1 aromatic carbocycles. The standard InChI is InChI=1S/C13H16F3NO2/c14-13(15,16)19-11-7-2-1-5-9(11)12(18)10-6-3-4-8-17-10/h1-2,5,7,10,12,17-18H,3-4,6,8H2. The summed E-state index contributed by atoms with van der Waals surface area (Å²) >= 11 is 0. The van der Waals surface area contributed by atoms with Gasteiger partial charge in [0.05, 0.1) is 6.10 Å². The maximum Gasteiger partial charge on any atom is 0.573 e. The summed E-state index contributed by atoms with van der Waals surface area (Å²) in [5.41, 5.74) is 0.166. The van der Waals surface area contributed by atoms with Crippen molar-refractivity contribution in [3.8, 4) is 5.75 Å². The molecule has 2 rings (SSSR count). The average Bonchev–Trinajstić information content (AvgIpc) is 2.38. The molecular formula is C13H16F3NO2. The molecule has 1 fully saturated rings. The van der Waals surface area contributed by atoms with Crippen LogP contribution in [0.15, 0.2) is 24.3 Å². The molecule has 2 N–H and O–H groups in total. The fraction of sp³-hybridized carbons (Fsp3) is 0.538. The largest absolute Gasteiger partial charge is 0.573 e. The Morgan fingerprint density at radius 3 is 2.63 bits per heavy atom. The number of aliphatic hydroxyl groups is 1. The van der Waals surface area contributed by atoms with Crippen LogP contribution in [0.1, 0.15) is 30.9 Å². The minimum absolute atomic E-state index is 0.166. The molecule has 1 aliphatic rings. The Labute approximate surface area is 109 Å². The highest BCUT2D eigenvalue weighted by molar-refractivity contribution is 5.36. The zero-order chi connectivity index (χ0) is 13.9. The highest BCUT2D eigenvalue weighted by Gasteiger charge is 2.34. The van der Waals surface area contributed by atoms with E-state index in [4.69, 9.17) is 0 Å². The van der Waals surface area contributed by atoms with Crippen LogP contribution >= 0.6 is 0 Å². The first-order chi connectivity index (χ1) is 8.97. The number of aliphatic hydroxyl groups excluding tert-OH is 1. The van der Waals surface area contributed by atoms with Crippen molar-refractivity contribution < 1.29 is 23.0 Å². The molecule has 1 saturated heterocycles. The van der Waals surface area contributed by atoms with Crippen LogP contribution in [0.3, 0.4) is 0 Å². The predicted octanol–water partition coefficient (Wildman–Crippen LogP) is 2.76. The van der Waals surface area contributed by atoms with Crippen LogP contribution in [0.25, 0.3) is 0 Å². The monoisotopic (exact) mass is 275 g/mol. The molecule has 1 heterocycles. The van der Waals surface area contributed by atoms with Gasteiger partial charge in [-0.1, -0.05) is 24.6 Å². The van der Waals surface area contributed by atoms with Crippen molar-refractivity contribution in [1.29, 1.82) is 0 Å².